The van der Waals surface area contributed by atoms with Crippen LogP contribution in [-0.4, -0.2) is 27.5 Å². The topological polar surface area (TPSA) is 35.5 Å². The van der Waals surface area contributed by atoms with Gasteiger partial charge in [0, 0.05) is 5.41 Å². The second kappa shape index (κ2) is 5.91. The summed E-state index contributed by atoms with van der Waals surface area (Å²) < 4.78 is 11.5. The van der Waals surface area contributed by atoms with Crippen LogP contribution in [0.1, 0.15) is 25.0 Å². The first-order valence-electron chi connectivity index (χ1n) is 8.07. The zero-order valence-electron chi connectivity index (χ0n) is 15.1. The van der Waals surface area contributed by atoms with Gasteiger partial charge in [0.15, 0.2) is 8.32 Å². The molecule has 0 aromatic heterocycles. The fraction of sp³-hybridized carbons (Fsp3) is 0.526. The van der Waals surface area contributed by atoms with Gasteiger partial charge in [0.25, 0.3) is 0 Å². The molecule has 0 aliphatic heterocycles. The van der Waals surface area contributed by atoms with Crippen LogP contribution in [-0.2, 0) is 20.4 Å². The molecule has 1 fully saturated rings. The van der Waals surface area contributed by atoms with Gasteiger partial charge in [0.2, 0.25) is 0 Å². The fourth-order valence-corrected chi connectivity index (χ4v) is 4.75. The molecule has 0 bridgehead atoms. The van der Waals surface area contributed by atoms with Gasteiger partial charge in [-0.15, -0.1) is 0 Å². The molecular formula is C19H28O3Si. The molecule has 2 rings (SSSR count). The molecule has 126 valence electrons. The zero-order chi connectivity index (χ0) is 17.5. The Morgan fingerprint density at radius 1 is 1.30 bits per heavy atom. The minimum atomic E-state index is -1.76. The second-order valence-corrected chi connectivity index (χ2v) is 12.3. The van der Waals surface area contributed by atoms with Crippen LogP contribution in [0.3, 0.4) is 0 Å². The summed E-state index contributed by atoms with van der Waals surface area (Å²) in [5.74, 6) is -0.176. The molecular weight excluding hydrogens is 304 g/mol. The summed E-state index contributed by atoms with van der Waals surface area (Å²) in [5, 5.41) is 0. The predicted octanol–water partition coefficient (Wildman–Crippen LogP) is 4.29. The molecule has 0 unspecified atom stereocenters. The van der Waals surface area contributed by atoms with E-state index in [-0.39, 0.29) is 17.5 Å². The van der Waals surface area contributed by atoms with Gasteiger partial charge in [-0.1, -0.05) is 50.8 Å². The van der Waals surface area contributed by atoms with Crippen molar-refractivity contribution in [3.05, 3.63) is 42.0 Å². The molecule has 4 heteroatoms. The van der Waals surface area contributed by atoms with Crippen molar-refractivity contribution in [1.82, 2.24) is 0 Å². The van der Waals surface area contributed by atoms with E-state index < -0.39 is 13.7 Å². The van der Waals surface area contributed by atoms with E-state index in [1.807, 2.05) is 24.3 Å². The summed E-state index contributed by atoms with van der Waals surface area (Å²) in [4.78, 5) is 12.7. The Balaban J connectivity index is 2.42. The number of esters is 1. The minimum Gasteiger partial charge on any atom is -0.468 e. The number of carbonyl (C=O) groups is 1. The van der Waals surface area contributed by atoms with Crippen molar-refractivity contribution in [3.8, 4) is 0 Å². The summed E-state index contributed by atoms with van der Waals surface area (Å²) in [6.07, 6.45) is 2.35. The SMILES string of the molecule is C=Cc1ccccc1C[C@@]1(C(=O)OC)[C@@H](O[Si](C)(C)C)C1(C)C. The number of rotatable bonds is 6. The molecule has 3 nitrogen and oxygen atoms in total. The maximum Gasteiger partial charge on any atom is 0.315 e. The Hall–Kier alpha value is -1.39. The van der Waals surface area contributed by atoms with Crippen molar-refractivity contribution in [2.75, 3.05) is 7.11 Å². The van der Waals surface area contributed by atoms with Crippen molar-refractivity contribution >= 4 is 20.4 Å². The number of ether oxygens (including phenoxy) is 1. The summed E-state index contributed by atoms with van der Waals surface area (Å²) in [6.45, 7) is 14.5. The van der Waals surface area contributed by atoms with E-state index in [0.29, 0.717) is 6.42 Å². The summed E-state index contributed by atoms with van der Waals surface area (Å²) in [5.41, 5.74) is 1.31. The summed E-state index contributed by atoms with van der Waals surface area (Å²) in [6, 6.07) is 8.06. The first kappa shape index (κ1) is 18.0. The molecule has 0 radical (unpaired) electrons. The van der Waals surface area contributed by atoms with Crippen LogP contribution in [0.5, 0.6) is 0 Å². The van der Waals surface area contributed by atoms with Crippen LogP contribution in [0, 0.1) is 10.8 Å². The molecule has 1 aromatic carbocycles. The Labute approximate surface area is 140 Å². The quantitative estimate of drug-likeness (QED) is 0.576. The highest BCUT2D eigenvalue weighted by molar-refractivity contribution is 6.69. The molecule has 0 spiro atoms. The van der Waals surface area contributed by atoms with Crippen molar-refractivity contribution in [2.45, 2.75) is 46.0 Å². The van der Waals surface area contributed by atoms with E-state index >= 15 is 0 Å². The van der Waals surface area contributed by atoms with E-state index in [4.69, 9.17) is 9.16 Å². The van der Waals surface area contributed by atoms with E-state index in [1.165, 1.54) is 7.11 Å². The van der Waals surface area contributed by atoms with Crippen LogP contribution >= 0.6 is 0 Å². The summed E-state index contributed by atoms with van der Waals surface area (Å²) in [7, 11) is -0.299. The lowest BCUT2D eigenvalue weighted by Gasteiger charge is -2.21. The molecule has 1 aromatic rings. The average Bonchev–Trinajstić information content (AvgIpc) is 2.92. The van der Waals surface area contributed by atoms with Gasteiger partial charge < -0.3 is 9.16 Å². The van der Waals surface area contributed by atoms with Crippen molar-refractivity contribution in [2.24, 2.45) is 10.8 Å². The fourth-order valence-electron chi connectivity index (χ4n) is 3.54. The van der Waals surface area contributed by atoms with Crippen LogP contribution in [0.25, 0.3) is 6.08 Å². The van der Waals surface area contributed by atoms with Gasteiger partial charge in [-0.3, -0.25) is 4.79 Å². The molecule has 0 N–H and O–H groups in total. The molecule has 0 saturated heterocycles. The van der Waals surface area contributed by atoms with Crippen molar-refractivity contribution in [3.63, 3.8) is 0 Å². The third-order valence-corrected chi connectivity index (χ3v) is 5.88. The molecule has 0 heterocycles. The van der Waals surface area contributed by atoms with Crippen LogP contribution in [0.4, 0.5) is 0 Å². The van der Waals surface area contributed by atoms with Crippen LogP contribution in [0.15, 0.2) is 30.8 Å². The normalized spacial score (nSPS) is 25.7. The molecule has 0 amide bonds. The minimum absolute atomic E-state index is 0.105. The lowest BCUT2D eigenvalue weighted by atomic mass is 9.87. The molecule has 1 aliphatic rings. The zero-order valence-corrected chi connectivity index (χ0v) is 16.1. The van der Waals surface area contributed by atoms with Gasteiger partial charge in [-0.2, -0.15) is 0 Å². The van der Waals surface area contributed by atoms with Crippen molar-refractivity contribution in [1.29, 1.82) is 0 Å². The number of benzene rings is 1. The first-order chi connectivity index (χ1) is 10.6. The first-order valence-corrected chi connectivity index (χ1v) is 11.5. The van der Waals surface area contributed by atoms with Crippen LogP contribution in [0.2, 0.25) is 19.6 Å². The second-order valence-electron chi connectivity index (χ2n) is 7.87. The number of hydrogen-bond donors (Lipinski definition) is 0. The third-order valence-electron chi connectivity index (χ3n) is 4.93. The number of methoxy groups -OCH3 is 1. The Bertz CT molecular complexity index is 615. The van der Waals surface area contributed by atoms with Crippen molar-refractivity contribution < 1.29 is 14.0 Å². The van der Waals surface area contributed by atoms with Gasteiger partial charge >= 0.3 is 5.97 Å². The Morgan fingerprint density at radius 2 is 1.91 bits per heavy atom. The monoisotopic (exact) mass is 332 g/mol. The maximum absolute atomic E-state index is 12.7. The smallest absolute Gasteiger partial charge is 0.315 e. The van der Waals surface area contributed by atoms with Gasteiger partial charge in [0.05, 0.1) is 13.2 Å². The lowest BCUT2D eigenvalue weighted by molar-refractivity contribution is -0.149. The Morgan fingerprint density at radius 3 is 2.43 bits per heavy atom. The Kier molecular flexibility index (Phi) is 4.61. The summed E-state index contributed by atoms with van der Waals surface area (Å²) >= 11 is 0. The largest absolute Gasteiger partial charge is 0.468 e. The van der Waals surface area contributed by atoms with E-state index in [2.05, 4.69) is 46.1 Å². The highest BCUT2D eigenvalue weighted by Crippen LogP contribution is 2.67. The van der Waals surface area contributed by atoms with Crippen LogP contribution < -0.4 is 0 Å². The van der Waals surface area contributed by atoms with Gasteiger partial charge in [0.1, 0.15) is 5.41 Å². The average molecular weight is 333 g/mol. The van der Waals surface area contributed by atoms with Gasteiger partial charge in [-0.05, 0) is 37.2 Å². The van der Waals surface area contributed by atoms with Gasteiger partial charge in [-0.25, -0.2) is 0 Å². The maximum atomic E-state index is 12.7. The highest BCUT2D eigenvalue weighted by Gasteiger charge is 2.77. The third kappa shape index (κ3) is 3.02. The molecule has 23 heavy (non-hydrogen) atoms. The van der Waals surface area contributed by atoms with E-state index in [9.17, 15) is 4.79 Å². The molecule has 1 saturated carbocycles. The lowest BCUT2D eigenvalue weighted by Crippen LogP contribution is -2.32. The standard InChI is InChI=1S/C19H28O3Si/c1-8-14-11-9-10-12-15(14)13-19(17(20)21-4)16(18(19,2)3)22-23(5,6)7/h8-12,16H,1,13H2,2-7H3/t16-,19-/m0/s1. The molecule has 2 atom stereocenters. The predicted molar refractivity (Wildman–Crippen MR) is 96.7 cm³/mol. The van der Waals surface area contributed by atoms with E-state index in [1.54, 1.807) is 0 Å². The number of hydrogen-bond acceptors (Lipinski definition) is 3. The molecule has 1 aliphatic carbocycles. The van der Waals surface area contributed by atoms with E-state index in [0.717, 1.165) is 11.1 Å². The number of carbonyl (C=O) groups excluding carboxylic acids is 1. The highest BCUT2D eigenvalue weighted by atomic mass is 28.4.